The Morgan fingerprint density at radius 1 is 1.59 bits per heavy atom. The molecule has 0 saturated carbocycles. The maximum atomic E-state index is 11.5. The quantitative estimate of drug-likeness (QED) is 0.690. The Morgan fingerprint density at radius 2 is 2.35 bits per heavy atom. The van der Waals surface area contributed by atoms with E-state index in [1.807, 2.05) is 20.0 Å². The fraction of sp³-hybridized carbons (Fsp3) is 0.636. The van der Waals surface area contributed by atoms with Gasteiger partial charge in [0, 0.05) is 18.8 Å². The van der Waals surface area contributed by atoms with Gasteiger partial charge in [-0.2, -0.15) is 5.10 Å². The normalized spacial score (nSPS) is 10.8. The molecular formula is C11H20N4O2. The number of nitrogens with one attached hydrogen (secondary N) is 1. The van der Waals surface area contributed by atoms with Gasteiger partial charge in [-0.25, -0.2) is 0 Å². The molecule has 0 saturated heterocycles. The maximum Gasteiger partial charge on any atom is 0.226 e. The Hall–Kier alpha value is -1.40. The maximum absolute atomic E-state index is 11.5. The molecule has 0 radical (unpaired) electrons. The molecule has 17 heavy (non-hydrogen) atoms. The summed E-state index contributed by atoms with van der Waals surface area (Å²) in [5, 5.41) is 6.89. The predicted molar refractivity (Wildman–Crippen MR) is 65.7 cm³/mol. The van der Waals surface area contributed by atoms with Gasteiger partial charge < -0.3 is 15.8 Å². The van der Waals surface area contributed by atoms with E-state index in [4.69, 9.17) is 10.5 Å². The van der Waals surface area contributed by atoms with Gasteiger partial charge >= 0.3 is 0 Å². The molecule has 0 aliphatic rings. The summed E-state index contributed by atoms with van der Waals surface area (Å²) in [6.45, 7) is 5.40. The van der Waals surface area contributed by atoms with E-state index in [1.54, 1.807) is 10.9 Å². The van der Waals surface area contributed by atoms with Gasteiger partial charge in [0.25, 0.3) is 0 Å². The summed E-state index contributed by atoms with van der Waals surface area (Å²) in [4.78, 5) is 11.5. The van der Waals surface area contributed by atoms with Crippen LogP contribution in [-0.2, 0) is 9.53 Å². The highest BCUT2D eigenvalue weighted by atomic mass is 16.5. The molecule has 96 valence electrons. The van der Waals surface area contributed by atoms with Crippen LogP contribution in [0, 0.1) is 0 Å². The number of amides is 1. The van der Waals surface area contributed by atoms with Gasteiger partial charge in [0.05, 0.1) is 31.5 Å². The molecule has 1 amide bonds. The Labute approximate surface area is 101 Å². The summed E-state index contributed by atoms with van der Waals surface area (Å²) in [6.07, 6.45) is 3.77. The van der Waals surface area contributed by atoms with Crippen molar-refractivity contribution < 1.29 is 9.53 Å². The molecule has 1 rings (SSSR count). The zero-order valence-corrected chi connectivity index (χ0v) is 10.3. The fourth-order valence-electron chi connectivity index (χ4n) is 1.26. The lowest BCUT2D eigenvalue weighted by Crippen LogP contribution is -2.16. The Balaban J connectivity index is 2.29. The first-order chi connectivity index (χ1) is 8.13. The minimum absolute atomic E-state index is 0.0784. The average Bonchev–Trinajstić information content (AvgIpc) is 2.73. The van der Waals surface area contributed by atoms with Crippen LogP contribution >= 0.6 is 0 Å². The molecule has 1 aromatic rings. The summed E-state index contributed by atoms with van der Waals surface area (Å²) in [7, 11) is 0. The van der Waals surface area contributed by atoms with Crippen LogP contribution in [0.25, 0.3) is 0 Å². The zero-order valence-electron chi connectivity index (χ0n) is 10.3. The van der Waals surface area contributed by atoms with Crippen molar-refractivity contribution in [2.45, 2.75) is 26.3 Å². The second kappa shape index (κ2) is 7.03. The molecule has 1 aromatic heterocycles. The zero-order chi connectivity index (χ0) is 12.7. The Bertz CT molecular complexity index is 349. The number of anilines is 1. The van der Waals surface area contributed by atoms with Crippen LogP contribution < -0.4 is 11.1 Å². The Morgan fingerprint density at radius 3 is 2.94 bits per heavy atom. The predicted octanol–water partition coefficient (Wildman–Crippen LogP) is 0.768. The van der Waals surface area contributed by atoms with E-state index in [2.05, 4.69) is 10.4 Å². The van der Waals surface area contributed by atoms with Crippen LogP contribution in [0.1, 0.15) is 26.3 Å². The van der Waals surface area contributed by atoms with Crippen molar-refractivity contribution in [3.05, 3.63) is 12.4 Å². The number of hydrogen-bond acceptors (Lipinski definition) is 4. The number of carbonyl (C=O) groups is 1. The molecule has 0 bridgehead atoms. The van der Waals surface area contributed by atoms with Gasteiger partial charge in [-0.05, 0) is 13.8 Å². The third kappa shape index (κ3) is 4.97. The fourth-order valence-corrected chi connectivity index (χ4v) is 1.26. The molecule has 0 atom stereocenters. The van der Waals surface area contributed by atoms with E-state index >= 15 is 0 Å². The summed E-state index contributed by atoms with van der Waals surface area (Å²) < 4.78 is 6.92. The van der Waals surface area contributed by atoms with Crippen LogP contribution in [0.4, 0.5) is 5.69 Å². The third-order valence-corrected chi connectivity index (χ3v) is 2.15. The van der Waals surface area contributed by atoms with Crippen LogP contribution in [0.15, 0.2) is 12.4 Å². The average molecular weight is 240 g/mol. The van der Waals surface area contributed by atoms with Gasteiger partial charge in [-0.15, -0.1) is 0 Å². The first-order valence-corrected chi connectivity index (χ1v) is 5.75. The van der Waals surface area contributed by atoms with Crippen molar-refractivity contribution in [1.82, 2.24) is 9.78 Å². The molecule has 0 spiro atoms. The van der Waals surface area contributed by atoms with Crippen molar-refractivity contribution in [2.24, 2.45) is 5.73 Å². The SMILES string of the molecule is CC(C)n1cc(NC(=O)CCOCCN)cn1. The van der Waals surface area contributed by atoms with Gasteiger partial charge in [0.2, 0.25) is 5.91 Å². The number of nitrogens with two attached hydrogens (primary N) is 1. The van der Waals surface area contributed by atoms with E-state index in [9.17, 15) is 4.79 Å². The highest BCUT2D eigenvalue weighted by molar-refractivity contribution is 5.90. The van der Waals surface area contributed by atoms with Crippen LogP contribution in [0.5, 0.6) is 0 Å². The van der Waals surface area contributed by atoms with Crippen molar-refractivity contribution in [3.63, 3.8) is 0 Å². The lowest BCUT2D eigenvalue weighted by atomic mass is 10.4. The van der Waals surface area contributed by atoms with Gasteiger partial charge in [-0.3, -0.25) is 9.48 Å². The van der Waals surface area contributed by atoms with Gasteiger partial charge in [0.15, 0.2) is 0 Å². The standard InChI is InChI=1S/C11H20N4O2/c1-9(2)15-8-10(7-13-15)14-11(16)3-5-17-6-4-12/h7-9H,3-6,12H2,1-2H3,(H,14,16). The monoisotopic (exact) mass is 240 g/mol. The molecule has 0 unspecified atom stereocenters. The molecule has 0 aromatic carbocycles. The Kier molecular flexibility index (Phi) is 5.65. The second-order valence-corrected chi connectivity index (χ2v) is 4.00. The number of aromatic nitrogens is 2. The first-order valence-electron chi connectivity index (χ1n) is 5.75. The highest BCUT2D eigenvalue weighted by Gasteiger charge is 2.05. The van der Waals surface area contributed by atoms with Crippen molar-refractivity contribution >= 4 is 11.6 Å². The minimum Gasteiger partial charge on any atom is -0.380 e. The molecule has 0 fully saturated rings. The molecule has 1 heterocycles. The lowest BCUT2D eigenvalue weighted by Gasteiger charge is -2.04. The molecule has 6 heteroatoms. The van der Waals surface area contributed by atoms with E-state index in [0.29, 0.717) is 31.9 Å². The number of rotatable bonds is 7. The van der Waals surface area contributed by atoms with Gasteiger partial charge in [0.1, 0.15) is 0 Å². The first kappa shape index (κ1) is 13.7. The number of carbonyl (C=O) groups excluding carboxylic acids is 1. The molecule has 0 aliphatic heterocycles. The van der Waals surface area contributed by atoms with Gasteiger partial charge in [-0.1, -0.05) is 0 Å². The summed E-state index contributed by atoms with van der Waals surface area (Å²) in [5.74, 6) is -0.0784. The highest BCUT2D eigenvalue weighted by Crippen LogP contribution is 2.09. The van der Waals surface area contributed by atoms with Crippen molar-refractivity contribution in [3.8, 4) is 0 Å². The molecule has 3 N–H and O–H groups in total. The number of hydrogen-bond donors (Lipinski definition) is 2. The molecule has 6 nitrogen and oxygen atoms in total. The van der Waals surface area contributed by atoms with Crippen LogP contribution in [0.3, 0.4) is 0 Å². The number of nitrogens with zero attached hydrogens (tertiary/aromatic N) is 2. The molecular weight excluding hydrogens is 220 g/mol. The summed E-state index contributed by atoms with van der Waals surface area (Å²) in [5.41, 5.74) is 5.97. The van der Waals surface area contributed by atoms with E-state index in [-0.39, 0.29) is 11.9 Å². The topological polar surface area (TPSA) is 82.2 Å². The van der Waals surface area contributed by atoms with Crippen molar-refractivity contribution in [2.75, 3.05) is 25.1 Å². The lowest BCUT2D eigenvalue weighted by molar-refractivity contribution is -0.117. The summed E-state index contributed by atoms with van der Waals surface area (Å²) in [6, 6.07) is 0.286. The number of ether oxygens (including phenoxy) is 1. The van der Waals surface area contributed by atoms with E-state index in [1.165, 1.54) is 0 Å². The summed E-state index contributed by atoms with van der Waals surface area (Å²) >= 11 is 0. The van der Waals surface area contributed by atoms with Crippen LogP contribution in [-0.4, -0.2) is 35.4 Å². The smallest absolute Gasteiger partial charge is 0.226 e. The van der Waals surface area contributed by atoms with E-state index < -0.39 is 0 Å². The largest absolute Gasteiger partial charge is 0.380 e. The van der Waals surface area contributed by atoms with E-state index in [0.717, 1.165) is 0 Å². The van der Waals surface area contributed by atoms with Crippen molar-refractivity contribution in [1.29, 1.82) is 0 Å². The minimum atomic E-state index is -0.0784. The second-order valence-electron chi connectivity index (χ2n) is 4.00. The third-order valence-electron chi connectivity index (χ3n) is 2.15. The molecule has 0 aliphatic carbocycles. The van der Waals surface area contributed by atoms with Crippen LogP contribution in [0.2, 0.25) is 0 Å².